The third-order valence-corrected chi connectivity index (χ3v) is 3.89. The van der Waals surface area contributed by atoms with Gasteiger partial charge in [-0.05, 0) is 42.4 Å². The molecule has 2 N–H and O–H groups in total. The van der Waals surface area contributed by atoms with E-state index in [1.165, 1.54) is 0 Å². The molecule has 1 aromatic rings. The topological polar surface area (TPSA) is 83.8 Å². The quantitative estimate of drug-likeness (QED) is 0.800. The van der Waals surface area contributed by atoms with Crippen LogP contribution in [0.2, 0.25) is 0 Å². The first-order valence-corrected chi connectivity index (χ1v) is 6.61. The summed E-state index contributed by atoms with van der Waals surface area (Å²) >= 11 is 0. The molecule has 1 saturated carbocycles. The molecule has 1 aromatic carbocycles. The van der Waals surface area contributed by atoms with Gasteiger partial charge < -0.3 is 14.9 Å². The molecule has 0 heterocycles. The number of carbonyl (C=O) groups is 2. The van der Waals surface area contributed by atoms with E-state index in [2.05, 4.69) is 0 Å². The average molecular weight is 278 g/mol. The summed E-state index contributed by atoms with van der Waals surface area (Å²) in [5.41, 5.74) is 0.987. The molecule has 1 fully saturated rings. The molecule has 5 nitrogen and oxygen atoms in total. The van der Waals surface area contributed by atoms with Crippen LogP contribution in [-0.4, -0.2) is 29.3 Å². The zero-order valence-corrected chi connectivity index (χ0v) is 11.3. The largest absolute Gasteiger partial charge is 0.497 e. The summed E-state index contributed by atoms with van der Waals surface area (Å²) in [6, 6.07) is 7.42. The van der Waals surface area contributed by atoms with E-state index >= 15 is 0 Å². The van der Waals surface area contributed by atoms with E-state index in [-0.39, 0.29) is 24.2 Å². The number of benzene rings is 1. The third kappa shape index (κ3) is 3.29. The molecular formula is C15H18O5. The SMILES string of the molecule is COc1ccc(C(CCC(=O)O)C2CC2C(=O)O)cc1. The van der Waals surface area contributed by atoms with Crippen LogP contribution < -0.4 is 4.74 Å². The standard InChI is InChI=1S/C15H18O5/c1-20-10-4-2-9(3-5-10)11(6-7-14(16)17)12-8-13(12)15(18)19/h2-5,11-13H,6-8H2,1H3,(H,16,17)(H,18,19). The molecule has 0 spiro atoms. The molecule has 0 saturated heterocycles. The van der Waals surface area contributed by atoms with Crippen molar-refractivity contribution in [1.82, 2.24) is 0 Å². The Labute approximate surface area is 117 Å². The summed E-state index contributed by atoms with van der Waals surface area (Å²) in [6.07, 6.45) is 1.15. The van der Waals surface area contributed by atoms with Crippen LogP contribution in [0.1, 0.15) is 30.7 Å². The molecular weight excluding hydrogens is 260 g/mol. The van der Waals surface area contributed by atoms with Crippen molar-refractivity contribution in [2.75, 3.05) is 7.11 Å². The van der Waals surface area contributed by atoms with Gasteiger partial charge >= 0.3 is 11.9 Å². The van der Waals surface area contributed by atoms with Crippen LogP contribution in [0, 0.1) is 11.8 Å². The van der Waals surface area contributed by atoms with E-state index in [9.17, 15) is 9.59 Å². The van der Waals surface area contributed by atoms with Crippen LogP contribution in [-0.2, 0) is 9.59 Å². The Morgan fingerprint density at radius 2 is 1.95 bits per heavy atom. The lowest BCUT2D eigenvalue weighted by atomic mass is 9.88. The van der Waals surface area contributed by atoms with Crippen LogP contribution in [0.4, 0.5) is 0 Å². The van der Waals surface area contributed by atoms with Gasteiger partial charge in [-0.3, -0.25) is 9.59 Å². The molecule has 2 rings (SSSR count). The number of aliphatic carboxylic acids is 2. The lowest BCUT2D eigenvalue weighted by Crippen LogP contribution is -2.09. The van der Waals surface area contributed by atoms with E-state index in [1.54, 1.807) is 7.11 Å². The Morgan fingerprint density at radius 1 is 1.30 bits per heavy atom. The Kier molecular flexibility index (Phi) is 4.27. The number of hydrogen-bond donors (Lipinski definition) is 2. The first-order valence-electron chi connectivity index (χ1n) is 6.61. The zero-order chi connectivity index (χ0) is 14.7. The molecule has 5 heteroatoms. The van der Waals surface area contributed by atoms with Gasteiger partial charge in [0.25, 0.3) is 0 Å². The van der Waals surface area contributed by atoms with Crippen molar-refractivity contribution in [2.45, 2.75) is 25.2 Å². The van der Waals surface area contributed by atoms with Crippen molar-refractivity contribution < 1.29 is 24.5 Å². The minimum absolute atomic E-state index is 0.0156. The summed E-state index contributed by atoms with van der Waals surface area (Å²) in [5.74, 6) is -1.22. The first-order chi connectivity index (χ1) is 9.52. The summed E-state index contributed by atoms with van der Waals surface area (Å²) < 4.78 is 5.09. The summed E-state index contributed by atoms with van der Waals surface area (Å²) in [4.78, 5) is 21.8. The molecule has 20 heavy (non-hydrogen) atoms. The van der Waals surface area contributed by atoms with Crippen molar-refractivity contribution in [2.24, 2.45) is 11.8 Å². The lowest BCUT2D eigenvalue weighted by molar-refractivity contribution is -0.139. The maximum absolute atomic E-state index is 11.0. The molecule has 0 amide bonds. The number of carboxylic acids is 2. The summed E-state index contributed by atoms with van der Waals surface area (Å²) in [6.45, 7) is 0. The van der Waals surface area contributed by atoms with E-state index in [0.29, 0.717) is 12.8 Å². The van der Waals surface area contributed by atoms with Gasteiger partial charge in [-0.15, -0.1) is 0 Å². The zero-order valence-electron chi connectivity index (χ0n) is 11.3. The van der Waals surface area contributed by atoms with Crippen molar-refractivity contribution >= 4 is 11.9 Å². The van der Waals surface area contributed by atoms with Gasteiger partial charge in [0.05, 0.1) is 13.0 Å². The summed E-state index contributed by atoms with van der Waals surface area (Å²) in [5, 5.41) is 17.9. The highest BCUT2D eigenvalue weighted by Crippen LogP contribution is 2.50. The van der Waals surface area contributed by atoms with E-state index in [4.69, 9.17) is 14.9 Å². The van der Waals surface area contributed by atoms with Gasteiger partial charge in [0.15, 0.2) is 0 Å². The van der Waals surface area contributed by atoms with Gasteiger partial charge in [-0.1, -0.05) is 12.1 Å². The van der Waals surface area contributed by atoms with Crippen LogP contribution >= 0.6 is 0 Å². The normalized spacial score (nSPS) is 22.1. The van der Waals surface area contributed by atoms with Crippen molar-refractivity contribution in [3.8, 4) is 5.75 Å². The maximum Gasteiger partial charge on any atom is 0.306 e. The fraction of sp³-hybridized carbons (Fsp3) is 0.467. The number of methoxy groups -OCH3 is 1. The third-order valence-electron chi connectivity index (χ3n) is 3.89. The highest BCUT2D eigenvalue weighted by Gasteiger charge is 2.48. The fourth-order valence-electron chi connectivity index (χ4n) is 2.70. The van der Waals surface area contributed by atoms with E-state index in [0.717, 1.165) is 11.3 Å². The minimum atomic E-state index is -0.851. The second-order valence-corrected chi connectivity index (χ2v) is 5.16. The van der Waals surface area contributed by atoms with Gasteiger partial charge in [0.2, 0.25) is 0 Å². The molecule has 0 aliphatic heterocycles. The molecule has 108 valence electrons. The van der Waals surface area contributed by atoms with Crippen molar-refractivity contribution in [3.63, 3.8) is 0 Å². The van der Waals surface area contributed by atoms with Gasteiger partial charge in [-0.25, -0.2) is 0 Å². The second-order valence-electron chi connectivity index (χ2n) is 5.16. The van der Waals surface area contributed by atoms with Gasteiger partial charge in [0.1, 0.15) is 5.75 Å². The predicted octanol–water partition coefficient (Wildman–Crippen LogP) is 2.36. The number of ether oxygens (including phenoxy) is 1. The Balaban J connectivity index is 2.13. The Morgan fingerprint density at radius 3 is 2.40 bits per heavy atom. The minimum Gasteiger partial charge on any atom is -0.497 e. The fourth-order valence-corrected chi connectivity index (χ4v) is 2.70. The Bertz CT molecular complexity index is 493. The molecule has 0 radical (unpaired) electrons. The second kappa shape index (κ2) is 5.94. The lowest BCUT2D eigenvalue weighted by Gasteiger charge is -2.16. The highest BCUT2D eigenvalue weighted by molar-refractivity contribution is 5.74. The van der Waals surface area contributed by atoms with Crippen LogP contribution in [0.3, 0.4) is 0 Å². The predicted molar refractivity (Wildman–Crippen MR) is 71.8 cm³/mol. The molecule has 1 aliphatic carbocycles. The average Bonchev–Trinajstić information content (AvgIpc) is 3.20. The van der Waals surface area contributed by atoms with E-state index < -0.39 is 11.9 Å². The molecule has 3 atom stereocenters. The number of rotatable bonds is 7. The first kappa shape index (κ1) is 14.4. The molecule has 1 aliphatic rings. The van der Waals surface area contributed by atoms with E-state index in [1.807, 2.05) is 24.3 Å². The van der Waals surface area contributed by atoms with Crippen LogP contribution in [0.15, 0.2) is 24.3 Å². The maximum atomic E-state index is 11.0. The smallest absolute Gasteiger partial charge is 0.306 e. The van der Waals surface area contributed by atoms with Crippen molar-refractivity contribution in [3.05, 3.63) is 29.8 Å². The van der Waals surface area contributed by atoms with Crippen LogP contribution in [0.25, 0.3) is 0 Å². The van der Waals surface area contributed by atoms with Gasteiger partial charge in [-0.2, -0.15) is 0 Å². The number of carboxylic acid groups (broad SMARTS) is 2. The number of hydrogen-bond acceptors (Lipinski definition) is 3. The Hall–Kier alpha value is -2.04. The van der Waals surface area contributed by atoms with Crippen LogP contribution in [0.5, 0.6) is 5.75 Å². The molecule has 0 aromatic heterocycles. The van der Waals surface area contributed by atoms with Gasteiger partial charge in [0, 0.05) is 6.42 Å². The molecule has 0 bridgehead atoms. The van der Waals surface area contributed by atoms with Crippen molar-refractivity contribution in [1.29, 1.82) is 0 Å². The highest BCUT2D eigenvalue weighted by atomic mass is 16.5. The monoisotopic (exact) mass is 278 g/mol. The molecule has 3 unspecified atom stereocenters. The summed E-state index contributed by atoms with van der Waals surface area (Å²) in [7, 11) is 1.58.